The molecule has 0 aromatic carbocycles. The van der Waals surface area contributed by atoms with Crippen LogP contribution in [0.25, 0.3) is 0 Å². The molecule has 0 saturated heterocycles. The van der Waals surface area contributed by atoms with Crippen molar-refractivity contribution in [1.82, 2.24) is 5.32 Å². The highest BCUT2D eigenvalue weighted by Crippen LogP contribution is 2.22. The minimum absolute atomic E-state index is 0.171. The molecule has 0 aliphatic heterocycles. The van der Waals surface area contributed by atoms with E-state index in [2.05, 4.69) is 26.1 Å². The zero-order valence-electron chi connectivity index (χ0n) is 13.6. The van der Waals surface area contributed by atoms with Crippen molar-refractivity contribution in [2.45, 2.75) is 103 Å². The first-order valence-corrected chi connectivity index (χ1v) is 8.56. The standard InChI is InChI=1S/C17H32N2O/c1-17(2,3)20-16(18-14-10-6-4-7-11-14)19-15-12-8-5-9-13-15/h14-15H,4-13H2,1-3H3,(H,18,19). The third kappa shape index (κ3) is 5.72. The number of rotatable bonds is 2. The Labute approximate surface area is 124 Å². The van der Waals surface area contributed by atoms with Crippen LogP contribution in [0, 0.1) is 0 Å². The maximum atomic E-state index is 6.08. The van der Waals surface area contributed by atoms with Crippen molar-refractivity contribution in [3.8, 4) is 0 Å². The molecular weight excluding hydrogens is 248 g/mol. The average molecular weight is 280 g/mol. The normalized spacial score (nSPS) is 23.6. The average Bonchev–Trinajstić information content (AvgIpc) is 2.39. The summed E-state index contributed by atoms with van der Waals surface area (Å²) in [7, 11) is 0. The topological polar surface area (TPSA) is 33.6 Å². The van der Waals surface area contributed by atoms with Crippen LogP contribution in [0.5, 0.6) is 0 Å². The Balaban J connectivity index is 1.96. The molecule has 3 nitrogen and oxygen atoms in total. The van der Waals surface area contributed by atoms with Crippen molar-refractivity contribution in [2.24, 2.45) is 4.99 Å². The van der Waals surface area contributed by atoms with Crippen molar-refractivity contribution in [1.29, 1.82) is 0 Å². The molecule has 1 N–H and O–H groups in total. The summed E-state index contributed by atoms with van der Waals surface area (Å²) in [6.45, 7) is 6.31. The third-order valence-corrected chi connectivity index (χ3v) is 4.21. The van der Waals surface area contributed by atoms with Gasteiger partial charge in [0.2, 0.25) is 0 Å². The number of hydrogen-bond acceptors (Lipinski definition) is 2. The molecule has 0 spiro atoms. The lowest BCUT2D eigenvalue weighted by Crippen LogP contribution is -2.42. The predicted molar refractivity (Wildman–Crippen MR) is 85.2 cm³/mol. The van der Waals surface area contributed by atoms with Gasteiger partial charge < -0.3 is 10.1 Å². The number of nitrogens with one attached hydrogen (secondary N) is 1. The van der Waals surface area contributed by atoms with Gasteiger partial charge in [0.15, 0.2) is 0 Å². The summed E-state index contributed by atoms with van der Waals surface area (Å²) >= 11 is 0. The molecule has 0 amide bonds. The quantitative estimate of drug-likeness (QED) is 0.600. The molecule has 0 heterocycles. The van der Waals surface area contributed by atoms with Crippen molar-refractivity contribution < 1.29 is 4.74 Å². The first-order chi connectivity index (χ1) is 9.53. The van der Waals surface area contributed by atoms with Gasteiger partial charge in [0.1, 0.15) is 5.60 Å². The second kappa shape index (κ2) is 7.33. The number of amidine groups is 1. The second-order valence-corrected chi connectivity index (χ2v) is 7.42. The van der Waals surface area contributed by atoms with Gasteiger partial charge in [-0.25, -0.2) is 4.99 Å². The van der Waals surface area contributed by atoms with Crippen molar-refractivity contribution in [3.63, 3.8) is 0 Å². The Bertz CT molecular complexity index is 307. The van der Waals surface area contributed by atoms with Crippen LogP contribution < -0.4 is 5.32 Å². The lowest BCUT2D eigenvalue weighted by molar-refractivity contribution is 0.104. The molecule has 2 saturated carbocycles. The van der Waals surface area contributed by atoms with E-state index in [9.17, 15) is 0 Å². The van der Waals surface area contributed by atoms with Gasteiger partial charge in [-0.15, -0.1) is 0 Å². The van der Waals surface area contributed by atoms with Crippen molar-refractivity contribution >= 4 is 6.02 Å². The van der Waals surface area contributed by atoms with Gasteiger partial charge in [-0.05, 0) is 46.5 Å². The Hall–Kier alpha value is -0.730. The highest BCUT2D eigenvalue weighted by Gasteiger charge is 2.22. The first kappa shape index (κ1) is 15.7. The van der Waals surface area contributed by atoms with E-state index in [1.54, 1.807) is 0 Å². The molecule has 0 atom stereocenters. The summed E-state index contributed by atoms with van der Waals surface area (Å²) in [5, 5.41) is 3.59. The maximum absolute atomic E-state index is 6.08. The van der Waals surface area contributed by atoms with E-state index in [1.807, 2.05) is 0 Å². The maximum Gasteiger partial charge on any atom is 0.285 e. The van der Waals surface area contributed by atoms with E-state index >= 15 is 0 Å². The molecule has 0 aromatic rings. The fourth-order valence-electron chi connectivity index (χ4n) is 3.18. The summed E-state index contributed by atoms with van der Waals surface area (Å²) in [6.07, 6.45) is 13.0. The largest absolute Gasteiger partial charge is 0.460 e. The van der Waals surface area contributed by atoms with Gasteiger partial charge in [-0.1, -0.05) is 38.5 Å². The fraction of sp³-hybridized carbons (Fsp3) is 0.941. The fourth-order valence-corrected chi connectivity index (χ4v) is 3.18. The molecule has 0 unspecified atom stereocenters. The molecular formula is C17H32N2O. The Kier molecular flexibility index (Phi) is 5.74. The number of ether oxygens (including phenoxy) is 1. The molecule has 2 aliphatic carbocycles. The highest BCUT2D eigenvalue weighted by molar-refractivity contribution is 5.74. The third-order valence-electron chi connectivity index (χ3n) is 4.21. The predicted octanol–water partition coefficient (Wildman–Crippen LogP) is 4.41. The van der Waals surface area contributed by atoms with Crippen LogP contribution in [0.2, 0.25) is 0 Å². The van der Waals surface area contributed by atoms with E-state index in [-0.39, 0.29) is 5.60 Å². The summed E-state index contributed by atoms with van der Waals surface area (Å²) in [6, 6.07) is 1.84. The minimum Gasteiger partial charge on any atom is -0.460 e. The van der Waals surface area contributed by atoms with E-state index in [0.29, 0.717) is 12.1 Å². The summed E-state index contributed by atoms with van der Waals surface area (Å²) in [5.41, 5.74) is -0.171. The van der Waals surface area contributed by atoms with Crippen LogP contribution in [0.3, 0.4) is 0 Å². The van der Waals surface area contributed by atoms with Crippen molar-refractivity contribution in [2.75, 3.05) is 0 Å². The number of hydrogen-bond donors (Lipinski definition) is 1. The number of aliphatic imine (C=N–C) groups is 1. The van der Waals surface area contributed by atoms with Crippen LogP contribution >= 0.6 is 0 Å². The van der Waals surface area contributed by atoms with Crippen LogP contribution in [0.4, 0.5) is 0 Å². The van der Waals surface area contributed by atoms with Gasteiger partial charge in [-0.3, -0.25) is 0 Å². The molecule has 2 aliphatic rings. The summed E-state index contributed by atoms with van der Waals surface area (Å²) in [4.78, 5) is 4.90. The lowest BCUT2D eigenvalue weighted by atomic mass is 9.95. The SMILES string of the molecule is CC(C)(C)OC(=NC1CCCCC1)NC1CCCCC1. The van der Waals surface area contributed by atoms with E-state index in [4.69, 9.17) is 9.73 Å². The number of nitrogens with zero attached hydrogens (tertiary/aromatic N) is 1. The molecule has 0 aromatic heterocycles. The van der Waals surface area contributed by atoms with E-state index in [0.717, 1.165) is 6.02 Å². The van der Waals surface area contributed by atoms with Crippen LogP contribution in [-0.2, 0) is 4.74 Å². The first-order valence-electron chi connectivity index (χ1n) is 8.56. The van der Waals surface area contributed by atoms with E-state index < -0.39 is 0 Å². The van der Waals surface area contributed by atoms with Crippen LogP contribution in [0.1, 0.15) is 85.0 Å². The second-order valence-electron chi connectivity index (χ2n) is 7.42. The van der Waals surface area contributed by atoms with Crippen molar-refractivity contribution in [3.05, 3.63) is 0 Å². The molecule has 3 heteroatoms. The Morgan fingerprint density at radius 1 is 0.900 bits per heavy atom. The lowest BCUT2D eigenvalue weighted by Gasteiger charge is -2.29. The van der Waals surface area contributed by atoms with E-state index in [1.165, 1.54) is 64.2 Å². The van der Waals surface area contributed by atoms with Crippen LogP contribution in [0.15, 0.2) is 4.99 Å². The Morgan fingerprint density at radius 2 is 1.45 bits per heavy atom. The molecule has 2 rings (SSSR count). The monoisotopic (exact) mass is 280 g/mol. The molecule has 0 radical (unpaired) electrons. The van der Waals surface area contributed by atoms with Gasteiger partial charge in [0, 0.05) is 6.04 Å². The molecule has 20 heavy (non-hydrogen) atoms. The Morgan fingerprint density at radius 3 is 2.00 bits per heavy atom. The summed E-state index contributed by atoms with van der Waals surface area (Å²) < 4.78 is 6.08. The van der Waals surface area contributed by atoms with Crippen LogP contribution in [-0.4, -0.2) is 23.7 Å². The smallest absolute Gasteiger partial charge is 0.285 e. The van der Waals surface area contributed by atoms with Gasteiger partial charge >= 0.3 is 0 Å². The minimum atomic E-state index is -0.171. The zero-order chi connectivity index (χ0) is 14.4. The molecule has 116 valence electrons. The van der Waals surface area contributed by atoms with Gasteiger partial charge in [0.05, 0.1) is 6.04 Å². The summed E-state index contributed by atoms with van der Waals surface area (Å²) in [5.74, 6) is 0. The zero-order valence-corrected chi connectivity index (χ0v) is 13.6. The van der Waals surface area contributed by atoms with Gasteiger partial charge in [0.25, 0.3) is 6.02 Å². The molecule has 2 fully saturated rings. The highest BCUT2D eigenvalue weighted by atomic mass is 16.5. The molecule has 0 bridgehead atoms. The van der Waals surface area contributed by atoms with Gasteiger partial charge in [-0.2, -0.15) is 0 Å².